The standard InChI is InChI=1S/C7H9BrN2O2/c1-4-6(12-3)5(8)7(11)10(2)9-4/h1-3H3. The van der Waals surface area contributed by atoms with Gasteiger partial charge in [0.25, 0.3) is 5.56 Å². The topological polar surface area (TPSA) is 44.1 Å². The lowest BCUT2D eigenvalue weighted by molar-refractivity contribution is 0.400. The number of nitrogens with zero attached hydrogens (tertiary/aromatic N) is 2. The molecule has 12 heavy (non-hydrogen) atoms. The Kier molecular flexibility index (Phi) is 2.52. The van der Waals surface area contributed by atoms with Crippen molar-refractivity contribution in [1.29, 1.82) is 0 Å². The Balaban J connectivity index is 3.52. The Morgan fingerprint density at radius 3 is 2.67 bits per heavy atom. The van der Waals surface area contributed by atoms with Crippen molar-refractivity contribution in [2.45, 2.75) is 6.92 Å². The van der Waals surface area contributed by atoms with Gasteiger partial charge < -0.3 is 4.74 Å². The molecule has 0 aliphatic carbocycles. The van der Waals surface area contributed by atoms with Crippen LogP contribution < -0.4 is 10.3 Å². The molecule has 0 spiro atoms. The fourth-order valence-electron chi connectivity index (χ4n) is 0.951. The van der Waals surface area contributed by atoms with Crippen molar-refractivity contribution in [3.05, 3.63) is 20.5 Å². The van der Waals surface area contributed by atoms with E-state index < -0.39 is 0 Å². The maximum Gasteiger partial charge on any atom is 0.284 e. The molecule has 0 saturated carbocycles. The third kappa shape index (κ3) is 1.36. The van der Waals surface area contributed by atoms with Gasteiger partial charge in [-0.2, -0.15) is 5.10 Å². The van der Waals surface area contributed by atoms with Crippen LogP contribution in [0.15, 0.2) is 9.27 Å². The summed E-state index contributed by atoms with van der Waals surface area (Å²) in [5.41, 5.74) is 0.490. The molecule has 1 aromatic heterocycles. The van der Waals surface area contributed by atoms with Crippen molar-refractivity contribution < 1.29 is 4.74 Å². The molecule has 0 aromatic carbocycles. The monoisotopic (exact) mass is 232 g/mol. The molecule has 1 heterocycles. The second-order valence-electron chi connectivity index (χ2n) is 2.36. The zero-order chi connectivity index (χ0) is 9.30. The quantitative estimate of drug-likeness (QED) is 0.722. The van der Waals surface area contributed by atoms with Crippen molar-refractivity contribution in [2.24, 2.45) is 7.05 Å². The highest BCUT2D eigenvalue weighted by molar-refractivity contribution is 9.10. The second kappa shape index (κ2) is 3.26. The van der Waals surface area contributed by atoms with Crippen LogP contribution in [-0.4, -0.2) is 16.9 Å². The first-order chi connectivity index (χ1) is 5.57. The summed E-state index contributed by atoms with van der Waals surface area (Å²) in [6, 6.07) is 0. The molecule has 5 heteroatoms. The van der Waals surface area contributed by atoms with Crippen LogP contribution in [0.2, 0.25) is 0 Å². The normalized spacial score (nSPS) is 10.0. The number of methoxy groups -OCH3 is 1. The molecule has 1 aromatic rings. The predicted molar refractivity (Wildman–Crippen MR) is 48.5 cm³/mol. The second-order valence-corrected chi connectivity index (χ2v) is 3.15. The lowest BCUT2D eigenvalue weighted by Crippen LogP contribution is -2.21. The third-order valence-corrected chi connectivity index (χ3v) is 2.21. The minimum Gasteiger partial charge on any atom is -0.493 e. The number of hydrogen-bond donors (Lipinski definition) is 0. The van der Waals surface area contributed by atoms with Crippen LogP contribution in [0.4, 0.5) is 0 Å². The molecule has 0 unspecified atom stereocenters. The number of hydrogen-bond acceptors (Lipinski definition) is 3. The molecule has 0 saturated heterocycles. The van der Waals surface area contributed by atoms with Crippen LogP contribution in [0, 0.1) is 6.92 Å². The Morgan fingerprint density at radius 2 is 2.17 bits per heavy atom. The number of aromatic nitrogens is 2. The molecule has 66 valence electrons. The molecule has 0 amide bonds. The number of rotatable bonds is 1. The average molecular weight is 233 g/mol. The van der Waals surface area contributed by atoms with Gasteiger partial charge in [-0.15, -0.1) is 0 Å². The predicted octanol–water partition coefficient (Wildman–Crippen LogP) is 0.860. The first kappa shape index (κ1) is 9.25. The van der Waals surface area contributed by atoms with Gasteiger partial charge in [-0.1, -0.05) is 0 Å². The van der Waals surface area contributed by atoms with Crippen LogP contribution in [-0.2, 0) is 7.05 Å². The van der Waals surface area contributed by atoms with E-state index in [4.69, 9.17) is 4.74 Å². The Labute approximate surface area is 78.3 Å². The zero-order valence-electron chi connectivity index (χ0n) is 7.09. The molecule has 0 N–H and O–H groups in total. The van der Waals surface area contributed by atoms with Crippen LogP contribution in [0.5, 0.6) is 5.75 Å². The summed E-state index contributed by atoms with van der Waals surface area (Å²) >= 11 is 3.14. The van der Waals surface area contributed by atoms with Gasteiger partial charge >= 0.3 is 0 Å². The van der Waals surface area contributed by atoms with Crippen molar-refractivity contribution in [2.75, 3.05) is 7.11 Å². The van der Waals surface area contributed by atoms with Gasteiger partial charge in [-0.3, -0.25) is 4.79 Å². The summed E-state index contributed by atoms with van der Waals surface area (Å²) in [5, 5.41) is 3.95. The maximum atomic E-state index is 11.3. The van der Waals surface area contributed by atoms with E-state index in [-0.39, 0.29) is 5.56 Å². The van der Waals surface area contributed by atoms with Gasteiger partial charge in [0, 0.05) is 7.05 Å². The lowest BCUT2D eigenvalue weighted by Gasteiger charge is -2.06. The minimum atomic E-state index is -0.197. The van der Waals surface area contributed by atoms with Gasteiger partial charge in [-0.25, -0.2) is 4.68 Å². The fraction of sp³-hybridized carbons (Fsp3) is 0.429. The van der Waals surface area contributed by atoms with Gasteiger partial charge in [-0.05, 0) is 22.9 Å². The summed E-state index contributed by atoms with van der Waals surface area (Å²) in [6.45, 7) is 1.78. The lowest BCUT2D eigenvalue weighted by atomic mass is 10.4. The molecule has 0 aliphatic heterocycles. The highest BCUT2D eigenvalue weighted by atomic mass is 79.9. The van der Waals surface area contributed by atoms with E-state index in [1.165, 1.54) is 11.8 Å². The maximum absolute atomic E-state index is 11.3. The zero-order valence-corrected chi connectivity index (χ0v) is 8.67. The molecule has 0 radical (unpaired) electrons. The molecule has 4 nitrogen and oxygen atoms in total. The van der Waals surface area contributed by atoms with Crippen molar-refractivity contribution in [3.63, 3.8) is 0 Å². The van der Waals surface area contributed by atoms with E-state index in [1.54, 1.807) is 14.0 Å². The smallest absolute Gasteiger partial charge is 0.284 e. The first-order valence-electron chi connectivity index (χ1n) is 3.35. The molecule has 0 bridgehead atoms. The highest BCUT2D eigenvalue weighted by Gasteiger charge is 2.10. The number of aryl methyl sites for hydroxylation is 2. The summed E-state index contributed by atoms with van der Waals surface area (Å²) in [4.78, 5) is 11.3. The van der Waals surface area contributed by atoms with Crippen molar-refractivity contribution in [3.8, 4) is 5.75 Å². The van der Waals surface area contributed by atoms with Gasteiger partial charge in [0.1, 0.15) is 10.2 Å². The van der Waals surface area contributed by atoms with Gasteiger partial charge in [0.2, 0.25) is 0 Å². The van der Waals surface area contributed by atoms with Crippen LogP contribution >= 0.6 is 15.9 Å². The van der Waals surface area contributed by atoms with Gasteiger partial charge in [0.05, 0.1) is 7.11 Å². The SMILES string of the molecule is COc1c(C)nn(C)c(=O)c1Br. The Bertz CT molecular complexity index is 359. The van der Waals surface area contributed by atoms with E-state index in [2.05, 4.69) is 21.0 Å². The minimum absolute atomic E-state index is 0.197. The van der Waals surface area contributed by atoms with Crippen LogP contribution in [0.3, 0.4) is 0 Å². The molecule has 0 fully saturated rings. The van der Waals surface area contributed by atoms with Crippen molar-refractivity contribution in [1.82, 2.24) is 9.78 Å². The Morgan fingerprint density at radius 1 is 1.58 bits per heavy atom. The number of halogens is 1. The van der Waals surface area contributed by atoms with E-state index >= 15 is 0 Å². The largest absolute Gasteiger partial charge is 0.493 e. The highest BCUT2D eigenvalue weighted by Crippen LogP contribution is 2.22. The van der Waals surface area contributed by atoms with Crippen LogP contribution in [0.1, 0.15) is 5.69 Å². The average Bonchev–Trinajstić information content (AvgIpc) is 2.01. The Hall–Kier alpha value is -0.840. The summed E-state index contributed by atoms with van der Waals surface area (Å²) in [7, 11) is 3.10. The summed E-state index contributed by atoms with van der Waals surface area (Å²) in [5.74, 6) is 0.498. The summed E-state index contributed by atoms with van der Waals surface area (Å²) in [6.07, 6.45) is 0. The molecule has 0 aliphatic rings. The molecular weight excluding hydrogens is 224 g/mol. The summed E-state index contributed by atoms with van der Waals surface area (Å²) < 4.78 is 6.67. The molecule has 0 atom stereocenters. The first-order valence-corrected chi connectivity index (χ1v) is 4.14. The van der Waals surface area contributed by atoms with Crippen molar-refractivity contribution >= 4 is 15.9 Å². The molecular formula is C7H9BrN2O2. The number of ether oxygens (including phenoxy) is 1. The third-order valence-electron chi connectivity index (χ3n) is 1.51. The fourth-order valence-corrected chi connectivity index (χ4v) is 1.66. The van der Waals surface area contributed by atoms with E-state index in [0.717, 1.165) is 0 Å². The van der Waals surface area contributed by atoms with E-state index in [0.29, 0.717) is 15.9 Å². The van der Waals surface area contributed by atoms with Crippen LogP contribution in [0.25, 0.3) is 0 Å². The molecule has 1 rings (SSSR count). The van der Waals surface area contributed by atoms with E-state index in [9.17, 15) is 4.79 Å². The van der Waals surface area contributed by atoms with Gasteiger partial charge in [0.15, 0.2) is 5.75 Å². The van der Waals surface area contributed by atoms with E-state index in [1.807, 2.05) is 0 Å².